The highest BCUT2D eigenvalue weighted by atomic mass is 16.5. The Morgan fingerprint density at radius 3 is 2.35 bits per heavy atom. The molecule has 1 amide bonds. The molecular weight excluding hydrogens is 214 g/mol. The molecule has 3 heteroatoms. The minimum atomic E-state index is -0.339. The van der Waals surface area contributed by atoms with Crippen molar-refractivity contribution in [2.75, 3.05) is 7.11 Å². The van der Waals surface area contributed by atoms with Crippen LogP contribution >= 0.6 is 0 Å². The average molecular weight is 235 g/mol. The lowest BCUT2D eigenvalue weighted by atomic mass is 9.83. The van der Waals surface area contributed by atoms with Gasteiger partial charge in [-0.25, -0.2) is 0 Å². The van der Waals surface area contributed by atoms with Crippen LogP contribution in [0.25, 0.3) is 0 Å². The van der Waals surface area contributed by atoms with Gasteiger partial charge in [0.05, 0.1) is 13.5 Å². The summed E-state index contributed by atoms with van der Waals surface area (Å²) in [6.45, 7) is 8.38. The number of carbonyl (C=O) groups is 1. The van der Waals surface area contributed by atoms with Crippen LogP contribution in [-0.4, -0.2) is 13.0 Å². The van der Waals surface area contributed by atoms with Gasteiger partial charge in [-0.3, -0.25) is 4.79 Å². The summed E-state index contributed by atoms with van der Waals surface area (Å²) < 4.78 is 5.45. The maximum absolute atomic E-state index is 11.1. The van der Waals surface area contributed by atoms with Crippen molar-refractivity contribution in [3.05, 3.63) is 28.8 Å². The van der Waals surface area contributed by atoms with E-state index in [-0.39, 0.29) is 17.7 Å². The Bertz CT molecular complexity index is 431. The molecule has 0 aromatic heterocycles. The van der Waals surface area contributed by atoms with E-state index in [1.807, 2.05) is 13.0 Å². The minimum Gasteiger partial charge on any atom is -0.496 e. The zero-order valence-corrected chi connectivity index (χ0v) is 11.3. The van der Waals surface area contributed by atoms with Crippen LogP contribution in [0.3, 0.4) is 0 Å². The maximum atomic E-state index is 11.1. The summed E-state index contributed by atoms with van der Waals surface area (Å²) in [5, 5.41) is 0. The standard InChI is InChI=1S/C14H21NO2/c1-9-6-10(8-12(15)16)13(17-5)11(7-9)14(2,3)4/h6-7H,8H2,1-5H3,(H2,15,16). The Kier molecular flexibility index (Phi) is 3.81. The average Bonchev–Trinajstić information content (AvgIpc) is 2.14. The lowest BCUT2D eigenvalue weighted by Crippen LogP contribution is -2.18. The molecule has 0 fully saturated rings. The van der Waals surface area contributed by atoms with Crippen LogP contribution in [0.5, 0.6) is 5.75 Å². The number of amides is 1. The SMILES string of the molecule is COc1c(CC(N)=O)cc(C)cc1C(C)(C)C. The van der Waals surface area contributed by atoms with Crippen molar-refractivity contribution in [1.82, 2.24) is 0 Å². The van der Waals surface area contributed by atoms with E-state index in [4.69, 9.17) is 10.5 Å². The molecule has 0 heterocycles. The van der Waals surface area contributed by atoms with Gasteiger partial charge in [-0.15, -0.1) is 0 Å². The van der Waals surface area contributed by atoms with Gasteiger partial charge in [-0.1, -0.05) is 38.5 Å². The predicted molar refractivity (Wildman–Crippen MR) is 69.3 cm³/mol. The lowest BCUT2D eigenvalue weighted by molar-refractivity contribution is -0.117. The smallest absolute Gasteiger partial charge is 0.221 e. The number of rotatable bonds is 3. The first kappa shape index (κ1) is 13.6. The molecule has 3 nitrogen and oxygen atoms in total. The minimum absolute atomic E-state index is 0.0240. The molecule has 0 spiro atoms. The molecule has 0 unspecified atom stereocenters. The third-order valence-electron chi connectivity index (χ3n) is 2.69. The fraction of sp³-hybridized carbons (Fsp3) is 0.500. The zero-order valence-electron chi connectivity index (χ0n) is 11.3. The van der Waals surface area contributed by atoms with Crippen molar-refractivity contribution in [3.8, 4) is 5.75 Å². The van der Waals surface area contributed by atoms with Gasteiger partial charge in [-0.05, 0) is 12.3 Å². The number of carbonyl (C=O) groups excluding carboxylic acids is 1. The van der Waals surface area contributed by atoms with Crippen LogP contribution in [0.4, 0.5) is 0 Å². The second-order valence-corrected chi connectivity index (χ2v) is 5.40. The summed E-state index contributed by atoms with van der Waals surface area (Å²) in [5.41, 5.74) is 8.33. The molecule has 1 aromatic carbocycles. The molecule has 17 heavy (non-hydrogen) atoms. The Morgan fingerprint density at radius 1 is 1.35 bits per heavy atom. The van der Waals surface area contributed by atoms with Gasteiger partial charge in [0.15, 0.2) is 0 Å². The summed E-state index contributed by atoms with van der Waals surface area (Å²) in [6.07, 6.45) is 0.216. The number of hydrogen-bond acceptors (Lipinski definition) is 2. The van der Waals surface area contributed by atoms with Crippen LogP contribution in [-0.2, 0) is 16.6 Å². The molecule has 0 saturated carbocycles. The molecule has 0 aliphatic heterocycles. The first-order chi connectivity index (χ1) is 7.75. The molecule has 0 saturated heterocycles. The second-order valence-electron chi connectivity index (χ2n) is 5.40. The van der Waals surface area contributed by atoms with E-state index in [0.717, 1.165) is 22.4 Å². The van der Waals surface area contributed by atoms with Crippen LogP contribution < -0.4 is 10.5 Å². The summed E-state index contributed by atoms with van der Waals surface area (Å²) in [4.78, 5) is 11.1. The molecule has 0 bridgehead atoms. The van der Waals surface area contributed by atoms with Crippen LogP contribution in [0.2, 0.25) is 0 Å². The van der Waals surface area contributed by atoms with Crippen LogP contribution in [0.15, 0.2) is 12.1 Å². The van der Waals surface area contributed by atoms with Gasteiger partial charge in [0, 0.05) is 11.1 Å². The van der Waals surface area contributed by atoms with Gasteiger partial charge in [0.1, 0.15) is 5.75 Å². The van der Waals surface area contributed by atoms with Crippen molar-refractivity contribution >= 4 is 5.91 Å². The number of hydrogen-bond donors (Lipinski definition) is 1. The highest BCUT2D eigenvalue weighted by Crippen LogP contribution is 2.35. The number of aryl methyl sites for hydroxylation is 1. The van der Waals surface area contributed by atoms with Gasteiger partial charge in [0.25, 0.3) is 0 Å². The lowest BCUT2D eigenvalue weighted by Gasteiger charge is -2.24. The van der Waals surface area contributed by atoms with Crippen LogP contribution in [0.1, 0.15) is 37.5 Å². The van der Waals surface area contributed by atoms with E-state index in [0.29, 0.717) is 0 Å². The number of primary amides is 1. The van der Waals surface area contributed by atoms with Gasteiger partial charge < -0.3 is 10.5 Å². The highest BCUT2D eigenvalue weighted by Gasteiger charge is 2.22. The first-order valence-electron chi connectivity index (χ1n) is 5.72. The largest absolute Gasteiger partial charge is 0.496 e. The molecule has 2 N–H and O–H groups in total. The summed E-state index contributed by atoms with van der Waals surface area (Å²) in [6, 6.07) is 4.06. The normalized spacial score (nSPS) is 11.4. The van der Waals surface area contributed by atoms with E-state index >= 15 is 0 Å². The molecule has 1 rings (SSSR count). The van der Waals surface area contributed by atoms with E-state index in [1.165, 1.54) is 0 Å². The van der Waals surface area contributed by atoms with Gasteiger partial charge >= 0.3 is 0 Å². The van der Waals surface area contributed by atoms with Crippen molar-refractivity contribution in [2.45, 2.75) is 39.5 Å². The molecular formula is C14H21NO2. The molecule has 94 valence electrons. The Labute approximate surface area is 103 Å². The third-order valence-corrected chi connectivity index (χ3v) is 2.69. The zero-order chi connectivity index (χ0) is 13.2. The Hall–Kier alpha value is -1.51. The highest BCUT2D eigenvalue weighted by molar-refractivity contribution is 5.77. The quantitative estimate of drug-likeness (QED) is 0.874. The van der Waals surface area contributed by atoms with E-state index in [9.17, 15) is 4.79 Å². The number of benzene rings is 1. The van der Waals surface area contributed by atoms with Crippen molar-refractivity contribution in [2.24, 2.45) is 5.73 Å². The Balaban J connectivity index is 3.40. The molecule has 0 atom stereocenters. The van der Waals surface area contributed by atoms with E-state index < -0.39 is 0 Å². The topological polar surface area (TPSA) is 52.3 Å². The molecule has 0 aliphatic carbocycles. The fourth-order valence-corrected chi connectivity index (χ4v) is 1.97. The van der Waals surface area contributed by atoms with Crippen molar-refractivity contribution in [1.29, 1.82) is 0 Å². The van der Waals surface area contributed by atoms with Crippen molar-refractivity contribution in [3.63, 3.8) is 0 Å². The fourth-order valence-electron chi connectivity index (χ4n) is 1.97. The third kappa shape index (κ3) is 3.22. The maximum Gasteiger partial charge on any atom is 0.221 e. The van der Waals surface area contributed by atoms with Gasteiger partial charge in [0.2, 0.25) is 5.91 Å². The molecule has 0 radical (unpaired) electrons. The first-order valence-corrected chi connectivity index (χ1v) is 5.72. The molecule has 1 aromatic rings. The second kappa shape index (κ2) is 4.78. The number of ether oxygens (including phenoxy) is 1. The van der Waals surface area contributed by atoms with Gasteiger partial charge in [-0.2, -0.15) is 0 Å². The van der Waals surface area contributed by atoms with Crippen molar-refractivity contribution < 1.29 is 9.53 Å². The predicted octanol–water partition coefficient (Wildman–Crippen LogP) is 2.33. The Morgan fingerprint density at radius 2 is 1.94 bits per heavy atom. The summed E-state index contributed by atoms with van der Waals surface area (Å²) in [5.74, 6) is 0.440. The monoisotopic (exact) mass is 235 g/mol. The van der Waals surface area contributed by atoms with E-state index in [1.54, 1.807) is 7.11 Å². The summed E-state index contributed by atoms with van der Waals surface area (Å²) >= 11 is 0. The molecule has 0 aliphatic rings. The summed E-state index contributed by atoms with van der Waals surface area (Å²) in [7, 11) is 1.63. The van der Waals surface area contributed by atoms with Crippen LogP contribution in [0, 0.1) is 6.92 Å². The number of methoxy groups -OCH3 is 1. The number of nitrogens with two attached hydrogens (primary N) is 1. The van der Waals surface area contributed by atoms with E-state index in [2.05, 4.69) is 26.8 Å².